The lowest BCUT2D eigenvalue weighted by Crippen LogP contribution is -2.41. The molecule has 32 heavy (non-hydrogen) atoms. The summed E-state index contributed by atoms with van der Waals surface area (Å²) in [6.45, 7) is 0. The van der Waals surface area contributed by atoms with E-state index in [1.807, 2.05) is 47.0 Å². The first kappa shape index (κ1) is 20.3. The number of nitrogen functional groups attached to an aromatic ring is 1. The fourth-order valence-corrected chi connectivity index (χ4v) is 4.65. The molecule has 0 unspecified atom stereocenters. The second-order valence-corrected chi connectivity index (χ2v) is 8.67. The van der Waals surface area contributed by atoms with Crippen molar-refractivity contribution in [2.75, 3.05) is 0 Å². The Morgan fingerprint density at radius 3 is 2.38 bits per heavy atom. The molecule has 0 aliphatic heterocycles. The van der Waals surface area contributed by atoms with Crippen LogP contribution in [-0.4, -0.2) is 28.4 Å². The second-order valence-electron chi connectivity index (χ2n) is 8.67. The van der Waals surface area contributed by atoms with Gasteiger partial charge < -0.3 is 21.4 Å². The lowest BCUT2D eigenvalue weighted by atomic mass is 9.92. The number of benzene rings is 3. The molecule has 0 bridgehead atoms. The number of carbonyl (C=O) groups is 1. The average Bonchev–Trinajstić information content (AvgIpc) is 3.19. The van der Waals surface area contributed by atoms with Crippen LogP contribution in [0.25, 0.3) is 27.4 Å². The summed E-state index contributed by atoms with van der Waals surface area (Å²) in [4.78, 5) is 13.4. The number of amides is 1. The summed E-state index contributed by atoms with van der Waals surface area (Å²) in [7, 11) is 0. The Morgan fingerprint density at radius 1 is 0.906 bits per heavy atom. The topological polar surface area (TPSA) is 110 Å². The summed E-state index contributed by atoms with van der Waals surface area (Å²) in [6, 6.07) is 22.2. The van der Waals surface area contributed by atoms with Crippen molar-refractivity contribution in [2.45, 2.75) is 37.8 Å². The molecule has 6 N–H and O–H groups in total. The summed E-state index contributed by atoms with van der Waals surface area (Å²) in [5.41, 5.74) is 14.7. The van der Waals surface area contributed by atoms with E-state index in [2.05, 4.69) is 29.6 Å². The summed E-state index contributed by atoms with van der Waals surface area (Å²) in [5.74, 6) is -0.0955. The molecule has 1 aliphatic rings. The SMILES string of the molecule is N=C(N)c1ccc2cc(C(=O)NC3CCC(N)CC3)n(-c3ccc4ccccc4c3)c2c1. The van der Waals surface area contributed by atoms with Gasteiger partial charge in [-0.3, -0.25) is 10.2 Å². The van der Waals surface area contributed by atoms with Gasteiger partial charge in [0.15, 0.2) is 0 Å². The molecule has 0 spiro atoms. The largest absolute Gasteiger partial charge is 0.384 e. The Morgan fingerprint density at radius 2 is 1.62 bits per heavy atom. The maximum Gasteiger partial charge on any atom is 0.268 e. The zero-order valence-electron chi connectivity index (χ0n) is 17.8. The lowest BCUT2D eigenvalue weighted by Gasteiger charge is -2.27. The van der Waals surface area contributed by atoms with Crippen molar-refractivity contribution in [3.63, 3.8) is 0 Å². The normalized spacial score (nSPS) is 18.7. The van der Waals surface area contributed by atoms with Gasteiger partial charge in [0, 0.05) is 28.7 Å². The number of nitrogens with one attached hydrogen (secondary N) is 2. The number of nitrogens with two attached hydrogens (primary N) is 2. The molecule has 4 aromatic rings. The van der Waals surface area contributed by atoms with Crippen LogP contribution >= 0.6 is 0 Å². The molecule has 0 radical (unpaired) electrons. The van der Waals surface area contributed by atoms with Gasteiger partial charge in [-0.25, -0.2) is 0 Å². The molecule has 6 heteroatoms. The molecule has 5 rings (SSSR count). The van der Waals surface area contributed by atoms with Gasteiger partial charge in [0.2, 0.25) is 0 Å². The maximum absolute atomic E-state index is 13.4. The molecule has 1 aromatic heterocycles. The summed E-state index contributed by atoms with van der Waals surface area (Å²) < 4.78 is 1.97. The number of fused-ring (bicyclic) bond motifs is 2. The van der Waals surface area contributed by atoms with Crippen LogP contribution in [0.4, 0.5) is 0 Å². The van der Waals surface area contributed by atoms with Crippen LogP contribution in [0.15, 0.2) is 66.7 Å². The number of hydrogen-bond acceptors (Lipinski definition) is 3. The minimum Gasteiger partial charge on any atom is -0.384 e. The lowest BCUT2D eigenvalue weighted by molar-refractivity contribution is 0.0919. The Labute approximate surface area is 186 Å². The fourth-order valence-electron chi connectivity index (χ4n) is 4.65. The Hall–Kier alpha value is -3.64. The van der Waals surface area contributed by atoms with E-state index in [4.69, 9.17) is 16.9 Å². The molecule has 6 nitrogen and oxygen atoms in total. The van der Waals surface area contributed by atoms with Gasteiger partial charge >= 0.3 is 0 Å². The van der Waals surface area contributed by atoms with Gasteiger partial charge in [-0.2, -0.15) is 0 Å². The predicted molar refractivity (Wildman–Crippen MR) is 129 cm³/mol. The molecule has 1 saturated carbocycles. The van der Waals surface area contributed by atoms with Gasteiger partial charge in [-0.05, 0) is 60.7 Å². The van der Waals surface area contributed by atoms with Crippen molar-refractivity contribution in [2.24, 2.45) is 11.5 Å². The molecule has 1 amide bonds. The molecule has 3 aromatic carbocycles. The van der Waals surface area contributed by atoms with Crippen LogP contribution in [0.3, 0.4) is 0 Å². The average molecular weight is 426 g/mol. The molecule has 1 aliphatic carbocycles. The van der Waals surface area contributed by atoms with Crippen molar-refractivity contribution < 1.29 is 4.79 Å². The third-order valence-electron chi connectivity index (χ3n) is 6.45. The van der Waals surface area contributed by atoms with Crippen molar-refractivity contribution in [3.05, 3.63) is 78.0 Å². The van der Waals surface area contributed by atoms with Crippen LogP contribution in [0, 0.1) is 5.41 Å². The minimum atomic E-state index is -0.0980. The van der Waals surface area contributed by atoms with Crippen molar-refractivity contribution in [1.29, 1.82) is 5.41 Å². The van der Waals surface area contributed by atoms with E-state index in [9.17, 15) is 4.79 Å². The van der Waals surface area contributed by atoms with E-state index < -0.39 is 0 Å². The molecule has 162 valence electrons. The monoisotopic (exact) mass is 425 g/mol. The van der Waals surface area contributed by atoms with Crippen LogP contribution < -0.4 is 16.8 Å². The molecule has 1 heterocycles. The number of aromatic nitrogens is 1. The summed E-state index contributed by atoms with van der Waals surface area (Å²) in [6.07, 6.45) is 3.66. The van der Waals surface area contributed by atoms with Crippen LogP contribution in [0.1, 0.15) is 41.7 Å². The van der Waals surface area contributed by atoms with E-state index in [1.54, 1.807) is 0 Å². The zero-order valence-corrected chi connectivity index (χ0v) is 17.8. The smallest absolute Gasteiger partial charge is 0.268 e. The van der Waals surface area contributed by atoms with E-state index in [0.29, 0.717) is 11.3 Å². The molecule has 0 saturated heterocycles. The molecule has 1 fully saturated rings. The summed E-state index contributed by atoms with van der Waals surface area (Å²) >= 11 is 0. The summed E-state index contributed by atoms with van der Waals surface area (Å²) in [5, 5.41) is 14.2. The van der Waals surface area contributed by atoms with Crippen LogP contribution in [-0.2, 0) is 0 Å². The zero-order chi connectivity index (χ0) is 22.2. The first-order valence-electron chi connectivity index (χ1n) is 11.0. The van der Waals surface area contributed by atoms with Crippen LogP contribution in [0.5, 0.6) is 0 Å². The van der Waals surface area contributed by atoms with E-state index >= 15 is 0 Å². The number of carbonyl (C=O) groups excluding carboxylic acids is 1. The quantitative estimate of drug-likeness (QED) is 0.292. The van der Waals surface area contributed by atoms with Crippen molar-refractivity contribution in [3.8, 4) is 5.69 Å². The number of hydrogen-bond donors (Lipinski definition) is 4. The van der Waals surface area contributed by atoms with Gasteiger partial charge in [0.1, 0.15) is 11.5 Å². The van der Waals surface area contributed by atoms with Gasteiger partial charge in [-0.1, -0.05) is 42.5 Å². The van der Waals surface area contributed by atoms with Gasteiger partial charge in [-0.15, -0.1) is 0 Å². The van der Waals surface area contributed by atoms with E-state index in [0.717, 1.165) is 53.0 Å². The number of amidine groups is 1. The van der Waals surface area contributed by atoms with E-state index in [-0.39, 0.29) is 23.8 Å². The Kier molecular flexibility index (Phi) is 5.15. The standard InChI is InChI=1S/C26H27N5O/c27-20-8-10-21(11-9-20)30-26(32)24-14-18-5-6-19(25(28)29)15-23(18)31(24)22-12-7-16-3-1-2-4-17(16)13-22/h1-7,12-15,20-21H,8-11,27H2,(H3,28,29)(H,30,32). The minimum absolute atomic E-state index is 0.00251. The Bertz CT molecular complexity index is 1330. The molecule has 0 atom stereocenters. The van der Waals surface area contributed by atoms with Crippen molar-refractivity contribution >= 4 is 33.4 Å². The van der Waals surface area contributed by atoms with Gasteiger partial charge in [0.25, 0.3) is 5.91 Å². The fraction of sp³-hybridized carbons (Fsp3) is 0.231. The second kappa shape index (κ2) is 8.13. The highest BCUT2D eigenvalue weighted by molar-refractivity contribution is 6.03. The van der Waals surface area contributed by atoms with E-state index in [1.165, 1.54) is 0 Å². The predicted octanol–water partition coefficient (Wildman–Crippen LogP) is 4.07. The Balaban J connectivity index is 1.62. The highest BCUT2D eigenvalue weighted by Gasteiger charge is 2.23. The maximum atomic E-state index is 13.4. The third-order valence-corrected chi connectivity index (χ3v) is 6.45. The van der Waals surface area contributed by atoms with Crippen molar-refractivity contribution in [1.82, 2.24) is 9.88 Å². The number of rotatable bonds is 4. The third kappa shape index (κ3) is 3.74. The van der Waals surface area contributed by atoms with Crippen LogP contribution in [0.2, 0.25) is 0 Å². The molecular weight excluding hydrogens is 398 g/mol. The first-order chi connectivity index (χ1) is 15.5. The first-order valence-corrected chi connectivity index (χ1v) is 11.0. The highest BCUT2D eigenvalue weighted by Crippen LogP contribution is 2.28. The number of nitrogens with zero attached hydrogens (tertiary/aromatic N) is 1. The molecular formula is C26H27N5O. The van der Waals surface area contributed by atoms with Gasteiger partial charge in [0.05, 0.1) is 5.52 Å². The highest BCUT2D eigenvalue weighted by atomic mass is 16.2.